The number of hydrogen-bond donors (Lipinski definition) is 0. The van der Waals surface area contributed by atoms with Crippen LogP contribution in [0.2, 0.25) is 0 Å². The van der Waals surface area contributed by atoms with Gasteiger partial charge >= 0.3 is 0 Å². The summed E-state index contributed by atoms with van der Waals surface area (Å²) in [6, 6.07) is 12.1. The van der Waals surface area contributed by atoms with Crippen LogP contribution < -0.4 is 9.54 Å². The SMILES string of the molecule is CCOCCn1c(=NC(=O)Cc2ccc(OC)c(C)c2)sc2cc(C)ccc21. The molecule has 0 fully saturated rings. The first kappa shape index (κ1) is 20.3. The molecule has 6 heteroatoms. The molecule has 0 N–H and O–H groups in total. The molecule has 0 atom stereocenters. The number of thiazole rings is 1. The molecule has 0 aliphatic carbocycles. The van der Waals surface area contributed by atoms with Gasteiger partial charge in [-0.2, -0.15) is 4.99 Å². The third kappa shape index (κ3) is 4.69. The van der Waals surface area contributed by atoms with Crippen molar-refractivity contribution in [2.45, 2.75) is 33.7 Å². The second kappa shape index (κ2) is 9.17. The molecule has 0 aliphatic rings. The molecule has 0 spiro atoms. The molecule has 0 saturated heterocycles. The molecule has 2 aromatic carbocycles. The second-order valence-electron chi connectivity index (χ2n) is 6.69. The fourth-order valence-electron chi connectivity index (χ4n) is 3.15. The molecule has 1 amide bonds. The highest BCUT2D eigenvalue weighted by Gasteiger charge is 2.10. The summed E-state index contributed by atoms with van der Waals surface area (Å²) in [5.41, 5.74) is 4.22. The van der Waals surface area contributed by atoms with E-state index in [1.165, 1.54) is 5.56 Å². The van der Waals surface area contributed by atoms with Crippen molar-refractivity contribution in [3.05, 3.63) is 57.9 Å². The summed E-state index contributed by atoms with van der Waals surface area (Å²) in [7, 11) is 1.65. The molecule has 0 aliphatic heterocycles. The van der Waals surface area contributed by atoms with Crippen LogP contribution in [0, 0.1) is 13.8 Å². The van der Waals surface area contributed by atoms with Gasteiger partial charge in [0.05, 0.1) is 30.4 Å². The first-order valence-corrected chi connectivity index (χ1v) is 10.2. The Morgan fingerprint density at radius 3 is 2.71 bits per heavy atom. The van der Waals surface area contributed by atoms with Gasteiger partial charge in [-0.3, -0.25) is 4.79 Å². The van der Waals surface area contributed by atoms with Gasteiger partial charge in [-0.1, -0.05) is 29.5 Å². The molecule has 148 valence electrons. The molecule has 0 unspecified atom stereocenters. The third-order valence-electron chi connectivity index (χ3n) is 4.54. The number of benzene rings is 2. The lowest BCUT2D eigenvalue weighted by Gasteiger charge is -2.06. The van der Waals surface area contributed by atoms with Crippen molar-refractivity contribution in [1.82, 2.24) is 4.57 Å². The summed E-state index contributed by atoms with van der Waals surface area (Å²) >= 11 is 1.54. The van der Waals surface area contributed by atoms with E-state index in [0.29, 0.717) is 19.8 Å². The van der Waals surface area contributed by atoms with Crippen LogP contribution in [0.15, 0.2) is 41.4 Å². The quantitative estimate of drug-likeness (QED) is 0.565. The summed E-state index contributed by atoms with van der Waals surface area (Å²) in [6.45, 7) is 7.95. The molecule has 1 heterocycles. The third-order valence-corrected chi connectivity index (χ3v) is 5.58. The standard InChI is InChI=1S/C22H26N2O3S/c1-5-27-11-10-24-18-8-6-15(2)12-20(18)28-22(24)23-21(25)14-17-7-9-19(26-4)16(3)13-17/h6-9,12-13H,5,10-11,14H2,1-4H3. The van der Waals surface area contributed by atoms with Crippen molar-refractivity contribution in [2.24, 2.45) is 4.99 Å². The van der Waals surface area contributed by atoms with Crippen LogP contribution in [0.25, 0.3) is 10.2 Å². The monoisotopic (exact) mass is 398 g/mol. The molecule has 5 nitrogen and oxygen atoms in total. The fraction of sp³-hybridized carbons (Fsp3) is 0.364. The number of amides is 1. The number of hydrogen-bond acceptors (Lipinski definition) is 4. The predicted molar refractivity (Wildman–Crippen MR) is 113 cm³/mol. The van der Waals surface area contributed by atoms with E-state index >= 15 is 0 Å². The Labute approximate surface area is 169 Å². The largest absolute Gasteiger partial charge is 0.496 e. The minimum atomic E-state index is -0.155. The summed E-state index contributed by atoms with van der Waals surface area (Å²) in [5.74, 6) is 0.666. The normalized spacial score (nSPS) is 11.9. The van der Waals surface area contributed by atoms with Crippen molar-refractivity contribution in [3.8, 4) is 5.75 Å². The number of aryl methyl sites for hydroxylation is 2. The zero-order valence-corrected chi connectivity index (χ0v) is 17.6. The molecule has 0 saturated carbocycles. The fourth-order valence-corrected chi connectivity index (χ4v) is 4.32. The summed E-state index contributed by atoms with van der Waals surface area (Å²) in [4.78, 5) is 17.8. The van der Waals surface area contributed by atoms with E-state index in [4.69, 9.17) is 9.47 Å². The molecule has 0 bridgehead atoms. The smallest absolute Gasteiger partial charge is 0.252 e. The predicted octanol–water partition coefficient (Wildman–Crippen LogP) is 4.03. The van der Waals surface area contributed by atoms with Gasteiger partial charge in [0.15, 0.2) is 4.80 Å². The van der Waals surface area contributed by atoms with Gasteiger partial charge in [-0.05, 0) is 55.7 Å². The zero-order chi connectivity index (χ0) is 20.1. The van der Waals surface area contributed by atoms with Gasteiger partial charge < -0.3 is 14.0 Å². The van der Waals surface area contributed by atoms with Crippen LogP contribution in [0.4, 0.5) is 0 Å². The highest BCUT2D eigenvalue weighted by Crippen LogP contribution is 2.20. The number of methoxy groups -OCH3 is 1. The maximum Gasteiger partial charge on any atom is 0.252 e. The Balaban J connectivity index is 1.91. The van der Waals surface area contributed by atoms with Gasteiger partial charge in [0.2, 0.25) is 0 Å². The summed E-state index contributed by atoms with van der Waals surface area (Å²) in [5, 5.41) is 0. The number of rotatable bonds is 7. The van der Waals surface area contributed by atoms with Crippen molar-refractivity contribution in [1.29, 1.82) is 0 Å². The minimum Gasteiger partial charge on any atom is -0.496 e. The zero-order valence-electron chi connectivity index (χ0n) is 16.8. The lowest BCUT2D eigenvalue weighted by Crippen LogP contribution is -2.20. The lowest BCUT2D eigenvalue weighted by molar-refractivity contribution is -0.117. The average molecular weight is 399 g/mol. The van der Waals surface area contributed by atoms with Crippen molar-refractivity contribution in [3.63, 3.8) is 0 Å². The van der Waals surface area contributed by atoms with Crippen LogP contribution >= 0.6 is 11.3 Å². The first-order valence-electron chi connectivity index (χ1n) is 9.40. The highest BCUT2D eigenvalue weighted by atomic mass is 32.1. The summed E-state index contributed by atoms with van der Waals surface area (Å²) < 4.78 is 14.0. The number of ether oxygens (including phenoxy) is 2. The lowest BCUT2D eigenvalue weighted by atomic mass is 10.1. The number of fused-ring (bicyclic) bond motifs is 1. The van der Waals surface area contributed by atoms with E-state index in [1.54, 1.807) is 18.4 Å². The van der Waals surface area contributed by atoms with E-state index in [0.717, 1.165) is 31.9 Å². The maximum atomic E-state index is 12.6. The van der Waals surface area contributed by atoms with E-state index in [1.807, 2.05) is 32.0 Å². The van der Waals surface area contributed by atoms with Gasteiger partial charge in [-0.15, -0.1) is 0 Å². The Hall–Kier alpha value is -2.44. The Morgan fingerprint density at radius 2 is 2.00 bits per heavy atom. The molecule has 3 aromatic rings. The van der Waals surface area contributed by atoms with Crippen molar-refractivity contribution < 1.29 is 14.3 Å². The van der Waals surface area contributed by atoms with E-state index in [-0.39, 0.29) is 12.3 Å². The minimum absolute atomic E-state index is 0.155. The molecule has 1 aromatic heterocycles. The van der Waals surface area contributed by atoms with E-state index in [2.05, 4.69) is 34.7 Å². The van der Waals surface area contributed by atoms with Gasteiger partial charge in [0.1, 0.15) is 5.75 Å². The molecular weight excluding hydrogens is 372 g/mol. The van der Waals surface area contributed by atoms with Gasteiger partial charge in [0, 0.05) is 13.2 Å². The maximum absolute atomic E-state index is 12.6. The van der Waals surface area contributed by atoms with Crippen LogP contribution in [0.1, 0.15) is 23.6 Å². The second-order valence-corrected chi connectivity index (χ2v) is 7.70. The van der Waals surface area contributed by atoms with Crippen molar-refractivity contribution in [2.75, 3.05) is 20.3 Å². The first-order chi connectivity index (χ1) is 13.5. The van der Waals surface area contributed by atoms with Crippen molar-refractivity contribution >= 4 is 27.5 Å². The molecular formula is C22H26N2O3S. The van der Waals surface area contributed by atoms with E-state index < -0.39 is 0 Å². The van der Waals surface area contributed by atoms with Crippen LogP contribution in [0.5, 0.6) is 5.75 Å². The molecule has 0 radical (unpaired) electrons. The Bertz CT molecular complexity index is 1050. The number of aromatic nitrogens is 1. The average Bonchev–Trinajstić information content (AvgIpc) is 2.98. The number of nitrogens with zero attached hydrogens (tertiary/aromatic N) is 2. The van der Waals surface area contributed by atoms with Crippen LogP contribution in [-0.2, 0) is 22.5 Å². The van der Waals surface area contributed by atoms with Gasteiger partial charge in [-0.25, -0.2) is 0 Å². The Kier molecular flexibility index (Phi) is 6.65. The number of carbonyl (C=O) groups excluding carboxylic acids is 1. The molecule has 28 heavy (non-hydrogen) atoms. The highest BCUT2D eigenvalue weighted by molar-refractivity contribution is 7.16. The van der Waals surface area contributed by atoms with Gasteiger partial charge in [0.25, 0.3) is 5.91 Å². The van der Waals surface area contributed by atoms with E-state index in [9.17, 15) is 4.79 Å². The summed E-state index contributed by atoms with van der Waals surface area (Å²) in [6.07, 6.45) is 0.267. The number of carbonyl (C=O) groups is 1. The van der Waals surface area contributed by atoms with Crippen LogP contribution in [-0.4, -0.2) is 30.8 Å². The Morgan fingerprint density at radius 1 is 1.18 bits per heavy atom. The van der Waals surface area contributed by atoms with Crippen LogP contribution in [0.3, 0.4) is 0 Å². The topological polar surface area (TPSA) is 52.8 Å². The molecule has 3 rings (SSSR count).